The summed E-state index contributed by atoms with van der Waals surface area (Å²) in [5.41, 5.74) is 3.51. The molecule has 1 aromatic heterocycles. The lowest BCUT2D eigenvalue weighted by atomic mass is 10.0. The molecule has 2 aromatic rings. The summed E-state index contributed by atoms with van der Waals surface area (Å²) in [6.07, 6.45) is 2.05. The number of nitrogens with one attached hydrogen (secondary N) is 1. The number of benzene rings is 1. The first-order chi connectivity index (χ1) is 10.2. The van der Waals surface area contributed by atoms with Crippen molar-refractivity contribution in [1.29, 1.82) is 0 Å². The van der Waals surface area contributed by atoms with E-state index >= 15 is 0 Å². The molecule has 0 bridgehead atoms. The highest BCUT2D eigenvalue weighted by atomic mass is 16.5. The highest BCUT2D eigenvalue weighted by molar-refractivity contribution is 5.35. The van der Waals surface area contributed by atoms with Crippen LogP contribution in [-0.4, -0.2) is 23.4 Å². The molecule has 1 N–H and O–H groups in total. The largest absolute Gasteiger partial charge is 0.497 e. The van der Waals surface area contributed by atoms with Gasteiger partial charge in [0.1, 0.15) is 5.75 Å². The molecule has 0 spiro atoms. The molecule has 4 heteroatoms. The lowest BCUT2D eigenvalue weighted by molar-refractivity contribution is 0.413. The molecule has 0 aliphatic heterocycles. The fraction of sp³-hybridized carbons (Fsp3) is 0.471. The summed E-state index contributed by atoms with van der Waals surface area (Å²) < 4.78 is 7.33. The Labute approximate surface area is 127 Å². The summed E-state index contributed by atoms with van der Waals surface area (Å²) >= 11 is 0. The molecule has 21 heavy (non-hydrogen) atoms. The average molecular weight is 287 g/mol. The highest BCUT2D eigenvalue weighted by Gasteiger charge is 2.18. The van der Waals surface area contributed by atoms with E-state index in [1.54, 1.807) is 7.11 Å². The molecular weight excluding hydrogens is 262 g/mol. The van der Waals surface area contributed by atoms with Gasteiger partial charge in [0.05, 0.1) is 24.5 Å². The van der Waals surface area contributed by atoms with E-state index in [1.165, 1.54) is 11.3 Å². The zero-order valence-electron chi connectivity index (χ0n) is 13.4. The van der Waals surface area contributed by atoms with Crippen molar-refractivity contribution in [2.24, 2.45) is 7.05 Å². The number of hydrogen-bond donors (Lipinski definition) is 1. The van der Waals surface area contributed by atoms with Gasteiger partial charge in [-0.15, -0.1) is 0 Å². The number of rotatable bonds is 7. The zero-order chi connectivity index (χ0) is 15.2. The van der Waals surface area contributed by atoms with Crippen molar-refractivity contribution < 1.29 is 4.74 Å². The van der Waals surface area contributed by atoms with Gasteiger partial charge in [-0.05, 0) is 43.1 Å². The van der Waals surface area contributed by atoms with E-state index in [4.69, 9.17) is 4.74 Å². The number of ether oxygens (including phenoxy) is 1. The first kappa shape index (κ1) is 15.6. The summed E-state index contributed by atoms with van der Waals surface area (Å²) in [4.78, 5) is 0. The van der Waals surface area contributed by atoms with Crippen LogP contribution in [-0.2, 0) is 13.5 Å². The molecule has 0 aliphatic carbocycles. The van der Waals surface area contributed by atoms with Crippen molar-refractivity contribution in [3.63, 3.8) is 0 Å². The van der Waals surface area contributed by atoms with Crippen molar-refractivity contribution in [2.75, 3.05) is 13.7 Å². The molecular formula is C17H25N3O. The predicted molar refractivity (Wildman–Crippen MR) is 85.7 cm³/mol. The molecule has 0 saturated carbocycles. The van der Waals surface area contributed by atoms with Gasteiger partial charge < -0.3 is 10.1 Å². The number of hydrogen-bond acceptors (Lipinski definition) is 3. The van der Waals surface area contributed by atoms with Gasteiger partial charge >= 0.3 is 0 Å². The highest BCUT2D eigenvalue weighted by Crippen LogP contribution is 2.25. The minimum atomic E-state index is 0.137. The molecule has 0 saturated heterocycles. The van der Waals surface area contributed by atoms with Crippen LogP contribution in [0.3, 0.4) is 0 Å². The third kappa shape index (κ3) is 3.64. The van der Waals surface area contributed by atoms with Crippen LogP contribution in [0.15, 0.2) is 30.3 Å². The average Bonchev–Trinajstić information content (AvgIpc) is 2.89. The van der Waals surface area contributed by atoms with Crippen LogP contribution in [0.4, 0.5) is 0 Å². The van der Waals surface area contributed by atoms with Crippen molar-refractivity contribution in [1.82, 2.24) is 15.1 Å². The van der Waals surface area contributed by atoms with Gasteiger partial charge in [0.25, 0.3) is 0 Å². The Morgan fingerprint density at radius 3 is 2.71 bits per heavy atom. The van der Waals surface area contributed by atoms with Gasteiger partial charge in [-0.25, -0.2) is 0 Å². The monoisotopic (exact) mass is 287 g/mol. The quantitative estimate of drug-likeness (QED) is 0.850. The standard InChI is InChI=1S/C17H25N3O/c1-5-10-18-17(13-8-7-9-15(11-13)21-4)16-12-14(6-2)19-20(16)3/h7-9,11-12,17-18H,5-6,10H2,1-4H3. The third-order valence-electron chi connectivity index (χ3n) is 3.65. The summed E-state index contributed by atoms with van der Waals surface area (Å²) in [7, 11) is 3.71. The SMILES string of the molecule is CCCNC(c1cccc(OC)c1)c1cc(CC)nn1C. The second-order valence-electron chi connectivity index (χ2n) is 5.20. The summed E-state index contributed by atoms with van der Waals surface area (Å²) in [5.74, 6) is 0.883. The van der Waals surface area contributed by atoms with Crippen LogP contribution in [0, 0.1) is 0 Å². The molecule has 0 aliphatic rings. The molecule has 2 rings (SSSR count). The maximum Gasteiger partial charge on any atom is 0.119 e. The van der Waals surface area contributed by atoms with Crippen LogP contribution in [0.25, 0.3) is 0 Å². The van der Waals surface area contributed by atoms with Crippen molar-refractivity contribution >= 4 is 0 Å². The molecule has 1 unspecified atom stereocenters. The predicted octanol–water partition coefficient (Wildman–Crippen LogP) is 3.08. The smallest absolute Gasteiger partial charge is 0.119 e. The van der Waals surface area contributed by atoms with Crippen LogP contribution in [0.5, 0.6) is 5.75 Å². The lowest BCUT2D eigenvalue weighted by Crippen LogP contribution is -2.25. The summed E-state index contributed by atoms with van der Waals surface area (Å²) in [6.45, 7) is 5.27. The van der Waals surface area contributed by atoms with E-state index in [9.17, 15) is 0 Å². The van der Waals surface area contributed by atoms with E-state index in [-0.39, 0.29) is 6.04 Å². The maximum atomic E-state index is 5.35. The molecule has 0 radical (unpaired) electrons. The van der Waals surface area contributed by atoms with Crippen LogP contribution >= 0.6 is 0 Å². The molecule has 1 atom stereocenters. The molecule has 114 valence electrons. The van der Waals surface area contributed by atoms with Crippen molar-refractivity contribution in [3.05, 3.63) is 47.3 Å². The van der Waals surface area contributed by atoms with Gasteiger partial charge in [-0.2, -0.15) is 5.10 Å². The van der Waals surface area contributed by atoms with Gasteiger partial charge in [-0.1, -0.05) is 26.0 Å². The Balaban J connectivity index is 2.38. The Morgan fingerprint density at radius 1 is 1.29 bits per heavy atom. The van der Waals surface area contributed by atoms with Gasteiger partial charge in [0.15, 0.2) is 0 Å². The fourth-order valence-electron chi connectivity index (χ4n) is 2.49. The Bertz CT molecular complexity index is 577. The van der Waals surface area contributed by atoms with Crippen LogP contribution in [0.1, 0.15) is 43.3 Å². The molecule has 1 aromatic carbocycles. The second kappa shape index (κ2) is 7.27. The normalized spacial score (nSPS) is 12.4. The summed E-state index contributed by atoms with van der Waals surface area (Å²) in [6, 6.07) is 10.6. The van der Waals surface area contributed by atoms with E-state index in [1.807, 2.05) is 23.9 Å². The first-order valence-corrected chi connectivity index (χ1v) is 7.59. The van der Waals surface area contributed by atoms with E-state index in [0.29, 0.717) is 0 Å². The van der Waals surface area contributed by atoms with Crippen molar-refractivity contribution in [3.8, 4) is 5.75 Å². The number of aryl methyl sites for hydroxylation is 2. The van der Waals surface area contributed by atoms with Gasteiger partial charge in [0, 0.05) is 7.05 Å². The first-order valence-electron chi connectivity index (χ1n) is 7.59. The summed E-state index contributed by atoms with van der Waals surface area (Å²) in [5, 5.41) is 8.19. The minimum Gasteiger partial charge on any atom is -0.497 e. The Hall–Kier alpha value is -1.81. The molecule has 1 heterocycles. The molecule has 0 fully saturated rings. The lowest BCUT2D eigenvalue weighted by Gasteiger charge is -2.20. The Morgan fingerprint density at radius 2 is 2.10 bits per heavy atom. The maximum absolute atomic E-state index is 5.35. The number of aromatic nitrogens is 2. The van der Waals surface area contributed by atoms with Gasteiger partial charge in [0.2, 0.25) is 0 Å². The van der Waals surface area contributed by atoms with Crippen molar-refractivity contribution in [2.45, 2.75) is 32.7 Å². The number of methoxy groups -OCH3 is 1. The Kier molecular flexibility index (Phi) is 5.39. The molecule has 4 nitrogen and oxygen atoms in total. The molecule has 0 amide bonds. The third-order valence-corrected chi connectivity index (χ3v) is 3.65. The van der Waals surface area contributed by atoms with Crippen LogP contribution in [0.2, 0.25) is 0 Å². The zero-order valence-corrected chi connectivity index (χ0v) is 13.4. The minimum absolute atomic E-state index is 0.137. The number of nitrogens with zero attached hydrogens (tertiary/aromatic N) is 2. The van der Waals surface area contributed by atoms with Gasteiger partial charge in [-0.3, -0.25) is 4.68 Å². The topological polar surface area (TPSA) is 39.1 Å². The van der Waals surface area contributed by atoms with E-state index < -0.39 is 0 Å². The fourth-order valence-corrected chi connectivity index (χ4v) is 2.49. The van der Waals surface area contributed by atoms with Crippen LogP contribution < -0.4 is 10.1 Å². The van der Waals surface area contributed by atoms with E-state index in [2.05, 4.69) is 42.5 Å². The van der Waals surface area contributed by atoms with E-state index in [0.717, 1.165) is 30.8 Å². The second-order valence-corrected chi connectivity index (χ2v) is 5.20.